The molecular weight excluding hydrogens is 392 g/mol. The van der Waals surface area contributed by atoms with Gasteiger partial charge in [-0.05, 0) is 37.8 Å². The van der Waals surface area contributed by atoms with Gasteiger partial charge in [-0.1, -0.05) is 12.1 Å². The molecule has 0 atom stereocenters. The minimum absolute atomic E-state index is 0.00951. The third kappa shape index (κ3) is 4.26. The van der Waals surface area contributed by atoms with Gasteiger partial charge in [0.2, 0.25) is 15.7 Å². The molecule has 2 aliphatic rings. The lowest BCUT2D eigenvalue weighted by molar-refractivity contribution is -0.121. The van der Waals surface area contributed by atoms with Crippen molar-refractivity contribution in [2.75, 3.05) is 31.5 Å². The summed E-state index contributed by atoms with van der Waals surface area (Å²) in [5.41, 5.74) is -0.150. The van der Waals surface area contributed by atoms with E-state index < -0.39 is 32.3 Å². The Hall–Kier alpha value is -2.23. The van der Waals surface area contributed by atoms with Crippen LogP contribution in [0.4, 0.5) is 19.3 Å². The average Bonchev–Trinajstić information content (AvgIpc) is 3.22. The number of hydrogen-bond acceptors (Lipinski definition) is 4. The van der Waals surface area contributed by atoms with Crippen LogP contribution in [-0.4, -0.2) is 62.1 Å². The molecule has 3 rings (SSSR count). The summed E-state index contributed by atoms with van der Waals surface area (Å²) < 4.78 is 49.4. The first kappa shape index (κ1) is 20.5. The van der Waals surface area contributed by atoms with Crippen molar-refractivity contribution in [2.45, 2.75) is 36.3 Å². The number of halogens is 2. The maximum absolute atomic E-state index is 12.9. The van der Waals surface area contributed by atoms with Crippen molar-refractivity contribution in [1.82, 2.24) is 9.80 Å². The smallest absolute Gasteiger partial charge is 0.325 e. The van der Waals surface area contributed by atoms with Gasteiger partial charge in [0.05, 0.1) is 10.6 Å². The summed E-state index contributed by atoms with van der Waals surface area (Å²) in [6, 6.07) is 5.13. The molecule has 154 valence electrons. The zero-order valence-corrected chi connectivity index (χ0v) is 16.1. The van der Waals surface area contributed by atoms with Gasteiger partial charge in [0.1, 0.15) is 0 Å². The van der Waals surface area contributed by atoms with Crippen molar-refractivity contribution in [3.8, 4) is 0 Å². The third-order valence-electron chi connectivity index (χ3n) is 5.20. The highest BCUT2D eigenvalue weighted by molar-refractivity contribution is 7.91. The van der Waals surface area contributed by atoms with E-state index in [1.807, 2.05) is 4.90 Å². The Labute approximate surface area is 162 Å². The van der Waals surface area contributed by atoms with E-state index >= 15 is 0 Å². The molecule has 0 spiro atoms. The second kappa shape index (κ2) is 8.42. The van der Waals surface area contributed by atoms with Crippen LogP contribution in [0.1, 0.15) is 25.7 Å². The zero-order chi connectivity index (χ0) is 20.3. The van der Waals surface area contributed by atoms with Crippen molar-refractivity contribution in [3.63, 3.8) is 0 Å². The lowest BCUT2D eigenvalue weighted by atomic mass is 9.96. The van der Waals surface area contributed by atoms with E-state index in [-0.39, 0.29) is 11.7 Å². The number of benzene rings is 1. The number of nitrogens with one attached hydrogen (secondary N) is 1. The third-order valence-corrected chi connectivity index (χ3v) is 6.64. The Balaban J connectivity index is 1.62. The maximum Gasteiger partial charge on any atom is 0.341 e. The highest BCUT2D eigenvalue weighted by atomic mass is 32.2. The van der Waals surface area contributed by atoms with Crippen molar-refractivity contribution in [3.05, 3.63) is 24.3 Å². The Morgan fingerprint density at radius 2 is 1.57 bits per heavy atom. The fraction of sp³-hybridized carbons (Fsp3) is 0.556. The topological polar surface area (TPSA) is 86.8 Å². The molecule has 2 heterocycles. The molecule has 0 bridgehead atoms. The number of amides is 3. The number of alkyl halides is 2. The molecular formula is C18H23F2N3O4S. The van der Waals surface area contributed by atoms with Crippen LogP contribution in [0.25, 0.3) is 0 Å². The van der Waals surface area contributed by atoms with E-state index in [4.69, 9.17) is 0 Å². The van der Waals surface area contributed by atoms with Crippen LogP contribution in [0.2, 0.25) is 0 Å². The number of rotatable bonds is 4. The Bertz CT molecular complexity index is 833. The number of carbonyl (C=O) groups excluding carboxylic acids is 2. The van der Waals surface area contributed by atoms with E-state index in [9.17, 15) is 26.8 Å². The Morgan fingerprint density at radius 3 is 2.18 bits per heavy atom. The Morgan fingerprint density at radius 1 is 1.00 bits per heavy atom. The van der Waals surface area contributed by atoms with Crippen LogP contribution in [0.5, 0.6) is 0 Å². The van der Waals surface area contributed by atoms with Crippen molar-refractivity contribution < 1.29 is 26.8 Å². The number of carbonyl (C=O) groups is 2. The predicted molar refractivity (Wildman–Crippen MR) is 98.8 cm³/mol. The summed E-state index contributed by atoms with van der Waals surface area (Å²) in [6.45, 7) is 2.39. The summed E-state index contributed by atoms with van der Waals surface area (Å²) in [6.07, 6.45) is 2.89. The van der Waals surface area contributed by atoms with Gasteiger partial charge in [-0.2, -0.15) is 8.78 Å². The molecule has 1 aromatic rings. The standard InChI is InChI=1S/C18H23F2N3O4S/c19-17(20)28(26,27)15-6-2-1-5-14(15)21-16(24)13-7-11-23(12-8-13)18(25)22-9-3-4-10-22/h1-2,5-6,13,17H,3-4,7-12H2,(H,21,24). The molecule has 2 saturated heterocycles. The van der Waals surface area contributed by atoms with Gasteiger partial charge in [0.25, 0.3) is 0 Å². The van der Waals surface area contributed by atoms with Crippen LogP contribution >= 0.6 is 0 Å². The van der Waals surface area contributed by atoms with Crippen LogP contribution in [0, 0.1) is 5.92 Å². The minimum atomic E-state index is -4.82. The van der Waals surface area contributed by atoms with Gasteiger partial charge < -0.3 is 15.1 Å². The summed E-state index contributed by atoms with van der Waals surface area (Å²) in [5.74, 6) is -4.40. The van der Waals surface area contributed by atoms with E-state index in [2.05, 4.69) is 5.32 Å². The van der Waals surface area contributed by atoms with Crippen LogP contribution < -0.4 is 5.32 Å². The normalized spacial score (nSPS) is 18.5. The monoisotopic (exact) mass is 415 g/mol. The first-order valence-corrected chi connectivity index (χ1v) is 10.8. The SMILES string of the molecule is O=C(Nc1ccccc1S(=O)(=O)C(F)F)C1CCN(C(=O)N2CCCC2)CC1. The number of hydrogen-bond donors (Lipinski definition) is 1. The largest absolute Gasteiger partial charge is 0.341 e. The van der Waals surface area contributed by atoms with Crippen molar-refractivity contribution in [2.24, 2.45) is 5.92 Å². The Kier molecular flexibility index (Phi) is 6.17. The number of likely N-dealkylation sites (tertiary alicyclic amines) is 2. The first-order chi connectivity index (χ1) is 13.3. The quantitative estimate of drug-likeness (QED) is 0.819. The van der Waals surface area contributed by atoms with E-state index in [1.165, 1.54) is 18.2 Å². The van der Waals surface area contributed by atoms with E-state index in [1.54, 1.807) is 4.90 Å². The van der Waals surface area contributed by atoms with Crippen LogP contribution in [0.15, 0.2) is 29.2 Å². The molecule has 7 nitrogen and oxygen atoms in total. The zero-order valence-electron chi connectivity index (χ0n) is 15.3. The van der Waals surface area contributed by atoms with Gasteiger partial charge in [0, 0.05) is 32.1 Å². The number of piperidine rings is 1. The lowest BCUT2D eigenvalue weighted by Crippen LogP contribution is -2.47. The average molecular weight is 415 g/mol. The fourth-order valence-electron chi connectivity index (χ4n) is 3.59. The van der Waals surface area contributed by atoms with Crippen molar-refractivity contribution in [1.29, 1.82) is 0 Å². The molecule has 0 aromatic heterocycles. The molecule has 0 saturated carbocycles. The summed E-state index contributed by atoms with van der Waals surface area (Å²) >= 11 is 0. The number of nitrogens with zero attached hydrogens (tertiary/aromatic N) is 2. The van der Waals surface area contributed by atoms with Gasteiger partial charge in [-0.25, -0.2) is 13.2 Å². The van der Waals surface area contributed by atoms with Crippen LogP contribution in [0.3, 0.4) is 0 Å². The molecule has 1 N–H and O–H groups in total. The number of sulfone groups is 1. The molecule has 28 heavy (non-hydrogen) atoms. The second-order valence-electron chi connectivity index (χ2n) is 7.03. The molecule has 1 aromatic carbocycles. The second-order valence-corrected chi connectivity index (χ2v) is 8.92. The predicted octanol–water partition coefficient (Wildman–Crippen LogP) is 2.55. The van der Waals surface area contributed by atoms with Gasteiger partial charge >= 0.3 is 11.8 Å². The molecule has 0 aliphatic carbocycles. The number of para-hydroxylation sites is 1. The lowest BCUT2D eigenvalue weighted by Gasteiger charge is -2.34. The van der Waals surface area contributed by atoms with Gasteiger partial charge in [-0.15, -0.1) is 0 Å². The number of anilines is 1. The molecule has 3 amide bonds. The molecule has 0 radical (unpaired) electrons. The van der Waals surface area contributed by atoms with Crippen molar-refractivity contribution >= 4 is 27.5 Å². The summed E-state index contributed by atoms with van der Waals surface area (Å²) in [7, 11) is -4.82. The molecule has 2 aliphatic heterocycles. The van der Waals surface area contributed by atoms with Crippen LogP contribution in [-0.2, 0) is 14.6 Å². The molecule has 10 heteroatoms. The highest BCUT2D eigenvalue weighted by Gasteiger charge is 2.33. The van der Waals surface area contributed by atoms with Gasteiger partial charge in [0.15, 0.2) is 0 Å². The molecule has 2 fully saturated rings. The maximum atomic E-state index is 12.9. The summed E-state index contributed by atoms with van der Waals surface area (Å²) in [5, 5.41) is 2.48. The number of urea groups is 1. The fourth-order valence-corrected chi connectivity index (χ4v) is 4.48. The van der Waals surface area contributed by atoms with Gasteiger partial charge in [-0.3, -0.25) is 4.79 Å². The molecule has 0 unspecified atom stereocenters. The van der Waals surface area contributed by atoms with E-state index in [0.717, 1.165) is 32.0 Å². The van der Waals surface area contributed by atoms with E-state index in [0.29, 0.717) is 25.9 Å². The highest BCUT2D eigenvalue weighted by Crippen LogP contribution is 2.28. The minimum Gasteiger partial charge on any atom is -0.325 e. The first-order valence-electron chi connectivity index (χ1n) is 9.26. The summed E-state index contributed by atoms with van der Waals surface area (Å²) in [4.78, 5) is 27.9.